The number of carbonyl (C=O) groups is 1. The molecule has 0 saturated carbocycles. The summed E-state index contributed by atoms with van der Waals surface area (Å²) in [7, 11) is 3.05. The van der Waals surface area contributed by atoms with E-state index in [0.717, 1.165) is 0 Å². The van der Waals surface area contributed by atoms with Crippen molar-refractivity contribution >= 4 is 23.3 Å². The average molecular weight is 316 g/mol. The van der Waals surface area contributed by atoms with Gasteiger partial charge in [-0.1, -0.05) is 11.6 Å². The van der Waals surface area contributed by atoms with Crippen LogP contribution in [0, 0.1) is 0 Å². The van der Waals surface area contributed by atoms with Crippen molar-refractivity contribution in [2.45, 2.75) is 39.3 Å². The minimum Gasteiger partial charge on any atom is -0.495 e. The molecule has 0 heterocycles. The zero-order chi connectivity index (χ0) is 16.2. The smallest absolute Gasteiger partial charge is 0.328 e. The van der Waals surface area contributed by atoms with E-state index in [4.69, 9.17) is 25.8 Å². The Bertz CT molecular complexity index is 511. The van der Waals surface area contributed by atoms with Crippen molar-refractivity contribution in [1.82, 2.24) is 0 Å². The van der Waals surface area contributed by atoms with Crippen LogP contribution in [0.4, 0.5) is 5.69 Å². The molecule has 0 spiro atoms. The number of nitrogens with one attached hydrogen (secondary N) is 1. The van der Waals surface area contributed by atoms with E-state index in [1.807, 2.05) is 20.8 Å². The number of hydrogen-bond donors (Lipinski definition) is 1. The molecule has 0 aliphatic carbocycles. The van der Waals surface area contributed by atoms with Gasteiger partial charge in [-0.05, 0) is 27.7 Å². The Morgan fingerprint density at radius 1 is 1.19 bits per heavy atom. The number of ether oxygens (including phenoxy) is 3. The van der Waals surface area contributed by atoms with E-state index in [1.54, 1.807) is 19.1 Å². The van der Waals surface area contributed by atoms with Gasteiger partial charge in [0.25, 0.3) is 0 Å². The number of esters is 1. The van der Waals surface area contributed by atoms with Gasteiger partial charge in [0.1, 0.15) is 23.1 Å². The summed E-state index contributed by atoms with van der Waals surface area (Å²) in [5, 5.41) is 3.48. The van der Waals surface area contributed by atoms with Gasteiger partial charge in [-0.3, -0.25) is 0 Å². The van der Waals surface area contributed by atoms with Crippen LogP contribution >= 0.6 is 11.6 Å². The van der Waals surface area contributed by atoms with Crippen LogP contribution in [0.15, 0.2) is 12.1 Å². The molecule has 118 valence electrons. The molecule has 1 aromatic rings. The van der Waals surface area contributed by atoms with Gasteiger partial charge >= 0.3 is 5.97 Å². The summed E-state index contributed by atoms with van der Waals surface area (Å²) in [6.07, 6.45) is 0. The molecule has 21 heavy (non-hydrogen) atoms. The molecule has 0 aliphatic rings. The maximum atomic E-state index is 12.0. The summed E-state index contributed by atoms with van der Waals surface area (Å²) in [5.41, 5.74) is 0.0755. The zero-order valence-electron chi connectivity index (χ0n) is 13.2. The number of methoxy groups -OCH3 is 2. The van der Waals surface area contributed by atoms with Crippen molar-refractivity contribution in [1.29, 1.82) is 0 Å². The Balaban J connectivity index is 2.93. The molecule has 0 amide bonds. The predicted octanol–water partition coefficient (Wildman–Crippen LogP) is 3.50. The highest BCUT2D eigenvalue weighted by Gasteiger charge is 2.23. The maximum Gasteiger partial charge on any atom is 0.328 e. The molecule has 1 N–H and O–H groups in total. The monoisotopic (exact) mass is 315 g/mol. The number of halogens is 1. The lowest BCUT2D eigenvalue weighted by Crippen LogP contribution is -2.34. The van der Waals surface area contributed by atoms with E-state index >= 15 is 0 Å². The molecule has 1 aromatic carbocycles. The molecular formula is C15H22ClNO4. The Hall–Kier alpha value is -1.62. The predicted molar refractivity (Wildman–Crippen MR) is 83.5 cm³/mol. The summed E-state index contributed by atoms with van der Waals surface area (Å²) in [6, 6.07) is 2.77. The second-order valence-electron chi connectivity index (χ2n) is 5.59. The van der Waals surface area contributed by atoms with Gasteiger partial charge in [0.15, 0.2) is 0 Å². The molecule has 0 aliphatic heterocycles. The van der Waals surface area contributed by atoms with Gasteiger partial charge in [-0.2, -0.15) is 0 Å². The quantitative estimate of drug-likeness (QED) is 0.843. The summed E-state index contributed by atoms with van der Waals surface area (Å²) in [6.45, 7) is 7.19. The fourth-order valence-corrected chi connectivity index (χ4v) is 1.89. The molecular weight excluding hydrogens is 294 g/mol. The van der Waals surface area contributed by atoms with E-state index in [9.17, 15) is 4.79 Å². The van der Waals surface area contributed by atoms with E-state index < -0.39 is 11.6 Å². The van der Waals surface area contributed by atoms with Crippen molar-refractivity contribution in [3.05, 3.63) is 17.2 Å². The molecule has 0 saturated heterocycles. The molecule has 0 bridgehead atoms. The molecule has 1 rings (SSSR count). The molecule has 6 heteroatoms. The first-order valence-electron chi connectivity index (χ1n) is 6.59. The maximum absolute atomic E-state index is 12.0. The minimum atomic E-state index is -0.538. The lowest BCUT2D eigenvalue weighted by molar-refractivity contribution is -0.155. The summed E-state index contributed by atoms with van der Waals surface area (Å²) in [5.74, 6) is 0.672. The third kappa shape index (κ3) is 5.01. The van der Waals surface area contributed by atoms with Gasteiger partial charge in [-0.15, -0.1) is 0 Å². The Morgan fingerprint density at radius 2 is 1.76 bits per heavy atom. The highest BCUT2D eigenvalue weighted by molar-refractivity contribution is 6.32. The third-order valence-electron chi connectivity index (χ3n) is 2.61. The summed E-state index contributed by atoms with van der Waals surface area (Å²) in [4.78, 5) is 12.0. The average Bonchev–Trinajstić information content (AvgIpc) is 2.38. The Labute approximate surface area is 130 Å². The first-order valence-corrected chi connectivity index (χ1v) is 6.96. The van der Waals surface area contributed by atoms with Gasteiger partial charge < -0.3 is 19.5 Å². The van der Waals surface area contributed by atoms with Crippen molar-refractivity contribution in [2.24, 2.45) is 0 Å². The van der Waals surface area contributed by atoms with Crippen LogP contribution in [-0.2, 0) is 9.53 Å². The van der Waals surface area contributed by atoms with Crippen LogP contribution in [0.5, 0.6) is 11.5 Å². The lowest BCUT2D eigenvalue weighted by atomic mass is 10.2. The SMILES string of the molecule is COc1cc(NC(C)C(=O)OC(C)(C)C)c(OC)cc1Cl. The van der Waals surface area contributed by atoms with Crippen LogP contribution in [0.25, 0.3) is 0 Å². The topological polar surface area (TPSA) is 56.8 Å². The lowest BCUT2D eigenvalue weighted by Gasteiger charge is -2.24. The largest absolute Gasteiger partial charge is 0.495 e. The van der Waals surface area contributed by atoms with Crippen molar-refractivity contribution in [3.63, 3.8) is 0 Å². The van der Waals surface area contributed by atoms with E-state index in [-0.39, 0.29) is 5.97 Å². The van der Waals surface area contributed by atoms with Crippen LogP contribution in [-0.4, -0.2) is 31.8 Å². The van der Waals surface area contributed by atoms with Crippen molar-refractivity contribution < 1.29 is 19.0 Å². The number of anilines is 1. The Morgan fingerprint density at radius 3 is 2.24 bits per heavy atom. The molecule has 1 atom stereocenters. The Kier molecular flexibility index (Phi) is 5.72. The van der Waals surface area contributed by atoms with Gasteiger partial charge in [0.05, 0.1) is 24.9 Å². The fraction of sp³-hybridized carbons (Fsp3) is 0.533. The van der Waals surface area contributed by atoms with E-state index in [2.05, 4.69) is 5.32 Å². The molecule has 0 radical (unpaired) electrons. The minimum absolute atomic E-state index is 0.349. The highest BCUT2D eigenvalue weighted by Crippen LogP contribution is 2.36. The van der Waals surface area contributed by atoms with Crippen LogP contribution < -0.4 is 14.8 Å². The van der Waals surface area contributed by atoms with Crippen molar-refractivity contribution in [2.75, 3.05) is 19.5 Å². The molecule has 1 unspecified atom stereocenters. The van der Waals surface area contributed by atoms with Gasteiger partial charge in [-0.25, -0.2) is 4.79 Å². The van der Waals surface area contributed by atoms with Gasteiger partial charge in [0, 0.05) is 12.1 Å². The molecule has 0 aromatic heterocycles. The second-order valence-corrected chi connectivity index (χ2v) is 5.99. The molecule has 0 fully saturated rings. The van der Waals surface area contributed by atoms with Crippen LogP contribution in [0.2, 0.25) is 5.02 Å². The number of benzene rings is 1. The highest BCUT2D eigenvalue weighted by atomic mass is 35.5. The number of hydrogen-bond acceptors (Lipinski definition) is 5. The fourth-order valence-electron chi connectivity index (χ4n) is 1.66. The van der Waals surface area contributed by atoms with Crippen LogP contribution in [0.1, 0.15) is 27.7 Å². The van der Waals surface area contributed by atoms with Crippen molar-refractivity contribution in [3.8, 4) is 11.5 Å². The summed E-state index contributed by atoms with van der Waals surface area (Å²) < 4.78 is 15.7. The zero-order valence-corrected chi connectivity index (χ0v) is 14.0. The first-order chi connectivity index (χ1) is 9.67. The number of carbonyl (C=O) groups excluding carboxylic acids is 1. The van der Waals surface area contributed by atoms with E-state index in [0.29, 0.717) is 22.2 Å². The second kappa shape index (κ2) is 6.89. The molecule has 5 nitrogen and oxygen atoms in total. The summed E-state index contributed by atoms with van der Waals surface area (Å²) >= 11 is 6.04. The third-order valence-corrected chi connectivity index (χ3v) is 2.90. The normalized spacial score (nSPS) is 12.5. The standard InChI is InChI=1S/C15H22ClNO4/c1-9(14(18)21-15(2,3)4)17-11-8-12(19-5)10(16)7-13(11)20-6/h7-9,17H,1-6H3. The van der Waals surface area contributed by atoms with Gasteiger partial charge in [0.2, 0.25) is 0 Å². The van der Waals surface area contributed by atoms with Crippen LogP contribution in [0.3, 0.4) is 0 Å². The first kappa shape index (κ1) is 17.4. The van der Waals surface area contributed by atoms with E-state index in [1.165, 1.54) is 14.2 Å². The number of rotatable bonds is 5.